The van der Waals surface area contributed by atoms with Gasteiger partial charge in [-0.25, -0.2) is 9.97 Å². The van der Waals surface area contributed by atoms with Gasteiger partial charge in [-0.1, -0.05) is 35.9 Å². The fourth-order valence-electron chi connectivity index (χ4n) is 4.23. The number of piperazine rings is 1. The van der Waals surface area contributed by atoms with Crippen molar-refractivity contribution in [3.05, 3.63) is 77.6 Å². The number of hydrogen-bond acceptors (Lipinski definition) is 6. The average molecular weight is 474 g/mol. The van der Waals surface area contributed by atoms with E-state index >= 15 is 0 Å². The Morgan fingerprint density at radius 1 is 0.912 bits per heavy atom. The van der Waals surface area contributed by atoms with Crippen molar-refractivity contribution in [1.82, 2.24) is 29.5 Å². The standard InChI is InChI=1S/C26H28ClN7/c1-32-13-15-34(16-14-32)18-19-3-9-22(10-4-19)30-26-28-12-11-24(31-26)23-17-29-33(2)25(23)20-5-7-21(27)8-6-20/h3-12,17H,13-16,18H2,1-2H3,(H,28,30,31). The van der Waals surface area contributed by atoms with E-state index in [1.807, 2.05) is 48.3 Å². The molecule has 0 atom stereocenters. The summed E-state index contributed by atoms with van der Waals surface area (Å²) >= 11 is 6.08. The lowest BCUT2D eigenvalue weighted by Gasteiger charge is -2.32. The Balaban J connectivity index is 1.31. The fraction of sp³-hybridized carbons (Fsp3) is 0.269. The largest absolute Gasteiger partial charge is 0.324 e. The summed E-state index contributed by atoms with van der Waals surface area (Å²) in [5.74, 6) is 0.551. The second-order valence-corrected chi connectivity index (χ2v) is 9.14. The lowest BCUT2D eigenvalue weighted by Crippen LogP contribution is -2.43. The second kappa shape index (κ2) is 9.93. The molecule has 0 aliphatic carbocycles. The van der Waals surface area contributed by atoms with Gasteiger partial charge in [0.25, 0.3) is 0 Å². The Morgan fingerprint density at radius 2 is 1.65 bits per heavy atom. The third kappa shape index (κ3) is 5.12. The number of aryl methyl sites for hydroxylation is 1. The number of halogens is 1. The maximum Gasteiger partial charge on any atom is 0.227 e. The number of nitrogens with one attached hydrogen (secondary N) is 1. The predicted octanol–water partition coefficient (Wildman–Crippen LogP) is 4.69. The summed E-state index contributed by atoms with van der Waals surface area (Å²) in [4.78, 5) is 14.1. The molecule has 3 heterocycles. The zero-order chi connectivity index (χ0) is 23.5. The molecule has 1 fully saturated rings. The van der Waals surface area contributed by atoms with E-state index in [0.29, 0.717) is 11.0 Å². The molecule has 2 aromatic heterocycles. The number of likely N-dealkylation sites (N-methyl/N-ethyl adjacent to an activating group) is 1. The van der Waals surface area contributed by atoms with Crippen LogP contribution in [0, 0.1) is 0 Å². The van der Waals surface area contributed by atoms with Gasteiger partial charge in [0, 0.05) is 67.8 Å². The average Bonchev–Trinajstić information content (AvgIpc) is 3.24. The molecule has 7 nitrogen and oxygen atoms in total. The van der Waals surface area contributed by atoms with Crippen LogP contribution in [0.3, 0.4) is 0 Å². The third-order valence-electron chi connectivity index (χ3n) is 6.20. The zero-order valence-corrected chi connectivity index (χ0v) is 20.2. The van der Waals surface area contributed by atoms with Crippen LogP contribution in [0.25, 0.3) is 22.5 Å². The Morgan fingerprint density at radius 3 is 2.38 bits per heavy atom. The molecule has 1 aliphatic rings. The van der Waals surface area contributed by atoms with Gasteiger partial charge in [-0.15, -0.1) is 0 Å². The van der Waals surface area contributed by atoms with Crippen molar-refractivity contribution >= 4 is 23.2 Å². The van der Waals surface area contributed by atoms with Crippen molar-refractivity contribution in [2.75, 3.05) is 38.5 Å². The first kappa shape index (κ1) is 22.5. The van der Waals surface area contributed by atoms with Gasteiger partial charge in [0.05, 0.1) is 17.6 Å². The maximum atomic E-state index is 6.08. The first-order valence-corrected chi connectivity index (χ1v) is 11.8. The smallest absolute Gasteiger partial charge is 0.227 e. The molecular weight excluding hydrogens is 446 g/mol. The van der Waals surface area contributed by atoms with Crippen molar-refractivity contribution < 1.29 is 0 Å². The predicted molar refractivity (Wildman–Crippen MR) is 137 cm³/mol. The van der Waals surface area contributed by atoms with Crippen LogP contribution >= 0.6 is 11.6 Å². The number of anilines is 2. The number of nitrogens with zero attached hydrogens (tertiary/aromatic N) is 6. The molecule has 34 heavy (non-hydrogen) atoms. The highest BCUT2D eigenvalue weighted by Gasteiger charge is 2.16. The molecule has 8 heteroatoms. The van der Waals surface area contributed by atoms with Crippen molar-refractivity contribution in [3.8, 4) is 22.5 Å². The summed E-state index contributed by atoms with van der Waals surface area (Å²) < 4.78 is 1.85. The molecule has 1 saturated heterocycles. The molecule has 0 radical (unpaired) electrons. The molecule has 174 valence electrons. The zero-order valence-electron chi connectivity index (χ0n) is 19.4. The fourth-order valence-corrected chi connectivity index (χ4v) is 4.36. The minimum atomic E-state index is 0.551. The van der Waals surface area contributed by atoms with Crippen molar-refractivity contribution in [1.29, 1.82) is 0 Å². The van der Waals surface area contributed by atoms with E-state index in [9.17, 15) is 0 Å². The van der Waals surface area contributed by atoms with E-state index in [-0.39, 0.29) is 0 Å². The van der Waals surface area contributed by atoms with E-state index in [2.05, 4.69) is 56.5 Å². The van der Waals surface area contributed by atoms with Gasteiger partial charge in [0.15, 0.2) is 0 Å². The number of hydrogen-bond donors (Lipinski definition) is 1. The molecule has 1 N–H and O–H groups in total. The normalized spacial score (nSPS) is 14.9. The second-order valence-electron chi connectivity index (χ2n) is 8.70. The van der Waals surface area contributed by atoms with Gasteiger partial charge in [-0.2, -0.15) is 5.10 Å². The summed E-state index contributed by atoms with van der Waals surface area (Å²) in [5, 5.41) is 8.50. The summed E-state index contributed by atoms with van der Waals surface area (Å²) in [6.07, 6.45) is 3.61. The lowest BCUT2D eigenvalue weighted by molar-refractivity contribution is 0.148. The Labute approximate surface area is 205 Å². The van der Waals surface area contributed by atoms with Crippen molar-refractivity contribution in [2.24, 2.45) is 7.05 Å². The van der Waals surface area contributed by atoms with Crippen LogP contribution in [0.4, 0.5) is 11.6 Å². The van der Waals surface area contributed by atoms with Gasteiger partial charge >= 0.3 is 0 Å². The molecule has 1 aliphatic heterocycles. The molecule has 0 unspecified atom stereocenters. The van der Waals surface area contributed by atoms with Gasteiger partial charge in [0.1, 0.15) is 0 Å². The molecule has 2 aromatic carbocycles. The van der Waals surface area contributed by atoms with E-state index in [1.165, 1.54) is 5.56 Å². The molecule has 0 spiro atoms. The number of benzene rings is 2. The van der Waals surface area contributed by atoms with Gasteiger partial charge in [0.2, 0.25) is 5.95 Å². The van der Waals surface area contributed by atoms with Crippen LogP contribution in [-0.4, -0.2) is 62.8 Å². The van der Waals surface area contributed by atoms with E-state index in [1.54, 1.807) is 6.20 Å². The maximum absolute atomic E-state index is 6.08. The van der Waals surface area contributed by atoms with E-state index < -0.39 is 0 Å². The molecule has 4 aromatic rings. The van der Waals surface area contributed by atoms with Crippen LogP contribution < -0.4 is 5.32 Å². The van der Waals surface area contributed by atoms with Crippen LogP contribution in [0.1, 0.15) is 5.56 Å². The molecule has 0 saturated carbocycles. The van der Waals surface area contributed by atoms with Crippen molar-refractivity contribution in [3.63, 3.8) is 0 Å². The summed E-state index contributed by atoms with van der Waals surface area (Å²) in [5.41, 5.74) is 6.04. The van der Waals surface area contributed by atoms with Gasteiger partial charge in [-0.05, 0) is 42.9 Å². The van der Waals surface area contributed by atoms with Crippen LogP contribution in [-0.2, 0) is 13.6 Å². The van der Waals surface area contributed by atoms with Gasteiger partial charge < -0.3 is 10.2 Å². The third-order valence-corrected chi connectivity index (χ3v) is 6.45. The number of aromatic nitrogens is 4. The highest BCUT2D eigenvalue weighted by Crippen LogP contribution is 2.31. The summed E-state index contributed by atoms with van der Waals surface area (Å²) in [7, 11) is 4.11. The lowest BCUT2D eigenvalue weighted by atomic mass is 10.1. The van der Waals surface area contributed by atoms with Crippen LogP contribution in [0.15, 0.2) is 67.0 Å². The first-order chi connectivity index (χ1) is 16.5. The molecule has 5 rings (SSSR count). The number of rotatable bonds is 6. The van der Waals surface area contributed by atoms with E-state index in [4.69, 9.17) is 16.6 Å². The quantitative estimate of drug-likeness (QED) is 0.438. The van der Waals surface area contributed by atoms with Crippen LogP contribution in [0.5, 0.6) is 0 Å². The van der Waals surface area contributed by atoms with Crippen molar-refractivity contribution in [2.45, 2.75) is 6.54 Å². The summed E-state index contributed by atoms with van der Waals surface area (Å²) in [6.45, 7) is 5.47. The summed E-state index contributed by atoms with van der Waals surface area (Å²) in [6, 6.07) is 18.2. The topological polar surface area (TPSA) is 62.1 Å². The Kier molecular flexibility index (Phi) is 6.58. The minimum absolute atomic E-state index is 0.551. The highest BCUT2D eigenvalue weighted by atomic mass is 35.5. The SMILES string of the molecule is CN1CCN(Cc2ccc(Nc3nccc(-c4cnn(C)c4-c4ccc(Cl)cc4)n3)cc2)CC1. The monoisotopic (exact) mass is 473 g/mol. The molecule has 0 amide bonds. The Hall–Kier alpha value is -3.26. The molecular formula is C26H28ClN7. The first-order valence-electron chi connectivity index (χ1n) is 11.4. The van der Waals surface area contributed by atoms with Gasteiger partial charge in [-0.3, -0.25) is 9.58 Å². The Bertz CT molecular complexity index is 1240. The van der Waals surface area contributed by atoms with Crippen LogP contribution in [0.2, 0.25) is 5.02 Å². The highest BCUT2D eigenvalue weighted by molar-refractivity contribution is 6.30. The minimum Gasteiger partial charge on any atom is -0.324 e. The molecule has 0 bridgehead atoms. The van der Waals surface area contributed by atoms with E-state index in [0.717, 1.165) is 60.9 Å².